The largest absolute Gasteiger partial charge is 0.103 e. The molecule has 1 aromatic rings. The van der Waals surface area contributed by atoms with E-state index in [-0.39, 0.29) is 4.32 Å². The van der Waals surface area contributed by atoms with E-state index >= 15 is 0 Å². The van der Waals surface area contributed by atoms with Crippen LogP contribution in [0, 0.1) is 5.92 Å². The number of hydrogen-bond donors (Lipinski definition) is 0. The number of halogens is 1. The van der Waals surface area contributed by atoms with Crippen LogP contribution >= 0.6 is 15.9 Å². The van der Waals surface area contributed by atoms with E-state index in [1.54, 1.807) is 0 Å². The Labute approximate surface area is 114 Å². The van der Waals surface area contributed by atoms with Gasteiger partial charge in [0.05, 0.1) is 4.32 Å². The van der Waals surface area contributed by atoms with E-state index in [2.05, 4.69) is 67.5 Å². The second kappa shape index (κ2) is 6.39. The quantitative estimate of drug-likeness (QED) is 0.483. The van der Waals surface area contributed by atoms with Crippen LogP contribution in [0.2, 0.25) is 0 Å². The lowest BCUT2D eigenvalue weighted by Gasteiger charge is -2.31. The Kier molecular flexibility index (Phi) is 5.45. The molecule has 1 aromatic carbocycles. The van der Waals surface area contributed by atoms with Crippen LogP contribution in [0.1, 0.15) is 44.7 Å². The van der Waals surface area contributed by atoms with Crippen LogP contribution in [0.5, 0.6) is 0 Å². The molecule has 0 saturated carbocycles. The van der Waals surface area contributed by atoms with E-state index in [0.29, 0.717) is 5.92 Å². The van der Waals surface area contributed by atoms with Crippen molar-refractivity contribution in [3.63, 3.8) is 0 Å². The highest BCUT2D eigenvalue weighted by Gasteiger charge is 2.31. The molecule has 1 heteroatoms. The molecule has 0 heterocycles. The molecule has 0 aromatic heterocycles. The average Bonchev–Trinajstić information content (AvgIpc) is 2.30. The van der Waals surface area contributed by atoms with Crippen molar-refractivity contribution in [2.75, 3.05) is 0 Å². The third-order valence-electron chi connectivity index (χ3n) is 3.33. The minimum Gasteiger partial charge on any atom is -0.103 e. The van der Waals surface area contributed by atoms with Crippen LogP contribution in [0.3, 0.4) is 0 Å². The molecule has 17 heavy (non-hydrogen) atoms. The molecule has 1 unspecified atom stereocenters. The summed E-state index contributed by atoms with van der Waals surface area (Å²) in [6.07, 6.45) is 5.32. The molecule has 0 bridgehead atoms. The Balaban J connectivity index is 2.99. The fraction of sp³-hybridized carbons (Fsp3) is 0.500. The molecule has 0 aliphatic heterocycles. The predicted molar refractivity (Wildman–Crippen MR) is 80.7 cm³/mol. The molecule has 0 spiro atoms. The molecule has 0 saturated heterocycles. The third-order valence-corrected chi connectivity index (χ3v) is 5.03. The van der Waals surface area contributed by atoms with Crippen molar-refractivity contribution in [1.29, 1.82) is 0 Å². The monoisotopic (exact) mass is 294 g/mol. The van der Waals surface area contributed by atoms with Crippen molar-refractivity contribution >= 4 is 15.9 Å². The molecule has 0 N–H and O–H groups in total. The molecular weight excluding hydrogens is 272 g/mol. The first kappa shape index (κ1) is 14.5. The summed E-state index contributed by atoms with van der Waals surface area (Å²) in [5.74, 6) is 0.539. The van der Waals surface area contributed by atoms with E-state index in [0.717, 1.165) is 6.42 Å². The molecule has 1 rings (SSSR count). The lowest BCUT2D eigenvalue weighted by Crippen LogP contribution is -2.24. The number of benzene rings is 1. The first-order chi connectivity index (χ1) is 8.04. The number of hydrogen-bond acceptors (Lipinski definition) is 0. The molecule has 0 amide bonds. The zero-order valence-electron chi connectivity index (χ0n) is 11.2. The fourth-order valence-corrected chi connectivity index (χ4v) is 2.63. The molecule has 0 fully saturated rings. The molecule has 0 aliphatic carbocycles. The maximum Gasteiger partial charge on any atom is 0.0562 e. The van der Waals surface area contributed by atoms with Crippen molar-refractivity contribution in [2.45, 2.75) is 44.4 Å². The van der Waals surface area contributed by atoms with Crippen molar-refractivity contribution in [2.24, 2.45) is 5.92 Å². The van der Waals surface area contributed by atoms with Gasteiger partial charge >= 0.3 is 0 Å². The zero-order chi connectivity index (χ0) is 12.9. The van der Waals surface area contributed by atoms with Crippen molar-refractivity contribution in [3.05, 3.63) is 48.0 Å². The van der Waals surface area contributed by atoms with Crippen LogP contribution in [0.15, 0.2) is 36.9 Å². The lowest BCUT2D eigenvalue weighted by molar-refractivity contribution is 0.464. The van der Waals surface area contributed by atoms with Crippen LogP contribution in [0.25, 0.3) is 0 Å². The molecule has 0 nitrogen and oxygen atoms in total. The van der Waals surface area contributed by atoms with Crippen LogP contribution in [-0.2, 0) is 10.7 Å². The highest BCUT2D eigenvalue weighted by Crippen LogP contribution is 2.42. The first-order valence-electron chi connectivity index (χ1n) is 6.43. The predicted octanol–water partition coefficient (Wildman–Crippen LogP) is 5.46. The second-order valence-electron chi connectivity index (χ2n) is 4.96. The molecule has 0 aliphatic rings. The Morgan fingerprint density at radius 1 is 1.29 bits per heavy atom. The maximum absolute atomic E-state index is 3.91. The normalized spacial score (nSPS) is 14.6. The molecule has 1 atom stereocenters. The van der Waals surface area contributed by atoms with Gasteiger partial charge in [-0.1, -0.05) is 73.5 Å². The number of allylic oxidation sites excluding steroid dienone is 1. The number of rotatable bonds is 6. The van der Waals surface area contributed by atoms with Gasteiger partial charge in [0, 0.05) is 0 Å². The van der Waals surface area contributed by atoms with Crippen LogP contribution < -0.4 is 0 Å². The van der Waals surface area contributed by atoms with Gasteiger partial charge in [-0.05, 0) is 29.9 Å². The molecular formula is C16H23Br. The average molecular weight is 295 g/mol. The minimum atomic E-state index is 0.0273. The Morgan fingerprint density at radius 3 is 2.29 bits per heavy atom. The molecule has 0 radical (unpaired) electrons. The summed E-state index contributed by atoms with van der Waals surface area (Å²) in [6.45, 7) is 10.6. The first-order valence-corrected chi connectivity index (χ1v) is 7.23. The summed E-state index contributed by atoms with van der Waals surface area (Å²) in [5, 5.41) is 0. The molecule has 94 valence electrons. The number of alkyl halides is 1. The van der Waals surface area contributed by atoms with Gasteiger partial charge in [-0.15, -0.1) is 6.58 Å². The second-order valence-corrected chi connectivity index (χ2v) is 6.37. The summed E-state index contributed by atoms with van der Waals surface area (Å²) >= 11 is 3.91. The van der Waals surface area contributed by atoms with Crippen LogP contribution in [-0.4, -0.2) is 0 Å². The van der Waals surface area contributed by atoms with E-state index < -0.39 is 0 Å². The topological polar surface area (TPSA) is 0 Å². The highest BCUT2D eigenvalue weighted by atomic mass is 79.9. The van der Waals surface area contributed by atoms with Crippen molar-refractivity contribution in [3.8, 4) is 0 Å². The van der Waals surface area contributed by atoms with Gasteiger partial charge in [-0.25, -0.2) is 0 Å². The van der Waals surface area contributed by atoms with E-state index in [1.165, 1.54) is 24.0 Å². The van der Waals surface area contributed by atoms with Gasteiger partial charge in [0.15, 0.2) is 0 Å². The summed E-state index contributed by atoms with van der Waals surface area (Å²) in [6, 6.07) is 9.01. The zero-order valence-corrected chi connectivity index (χ0v) is 12.8. The van der Waals surface area contributed by atoms with Gasteiger partial charge in [0.25, 0.3) is 0 Å². The summed E-state index contributed by atoms with van der Waals surface area (Å²) < 4.78 is 0.0273. The van der Waals surface area contributed by atoms with E-state index in [4.69, 9.17) is 0 Å². The van der Waals surface area contributed by atoms with Gasteiger partial charge < -0.3 is 0 Å². The summed E-state index contributed by atoms with van der Waals surface area (Å²) in [5.41, 5.74) is 2.78. The van der Waals surface area contributed by atoms with Gasteiger partial charge in [0.1, 0.15) is 0 Å². The Morgan fingerprint density at radius 2 is 1.88 bits per heavy atom. The van der Waals surface area contributed by atoms with Crippen LogP contribution in [0.4, 0.5) is 0 Å². The Hall–Kier alpha value is -0.560. The minimum absolute atomic E-state index is 0.0273. The summed E-state index contributed by atoms with van der Waals surface area (Å²) in [4.78, 5) is 0. The summed E-state index contributed by atoms with van der Waals surface area (Å²) in [7, 11) is 0. The maximum atomic E-state index is 3.91. The SMILES string of the molecule is C=CCC(Br)(c1ccc(CCC)cc1)C(C)C. The van der Waals surface area contributed by atoms with Gasteiger partial charge in [0.2, 0.25) is 0 Å². The van der Waals surface area contributed by atoms with Gasteiger partial charge in [-0.3, -0.25) is 0 Å². The smallest absolute Gasteiger partial charge is 0.0562 e. The standard InChI is InChI=1S/C16H23Br/c1-5-7-14-8-10-15(11-9-14)16(17,12-6-2)13(3)4/h6,8-11,13H,2,5,7,12H2,1,3-4H3. The third kappa shape index (κ3) is 3.45. The van der Waals surface area contributed by atoms with Crippen molar-refractivity contribution < 1.29 is 0 Å². The lowest BCUT2D eigenvalue weighted by atomic mass is 9.85. The van der Waals surface area contributed by atoms with E-state index in [9.17, 15) is 0 Å². The Bertz CT molecular complexity index is 350. The fourth-order valence-electron chi connectivity index (χ4n) is 2.13. The van der Waals surface area contributed by atoms with E-state index in [1.807, 2.05) is 6.08 Å². The van der Waals surface area contributed by atoms with Crippen molar-refractivity contribution in [1.82, 2.24) is 0 Å². The highest BCUT2D eigenvalue weighted by molar-refractivity contribution is 9.09. The van der Waals surface area contributed by atoms with Gasteiger partial charge in [-0.2, -0.15) is 0 Å². The number of aryl methyl sites for hydroxylation is 1.